The second-order valence-corrected chi connectivity index (χ2v) is 10.0. The van der Waals surface area contributed by atoms with Crippen molar-refractivity contribution >= 4 is 45.9 Å². The number of carbonyl (C=O) groups excluding carboxylic acids is 3. The van der Waals surface area contributed by atoms with Crippen LogP contribution in [-0.4, -0.2) is 52.6 Å². The van der Waals surface area contributed by atoms with E-state index in [0.717, 1.165) is 16.9 Å². The van der Waals surface area contributed by atoms with E-state index in [1.54, 1.807) is 13.0 Å². The van der Waals surface area contributed by atoms with Gasteiger partial charge in [-0.1, -0.05) is 56.0 Å². The number of nitrogens with one attached hydrogen (secondary N) is 1. The summed E-state index contributed by atoms with van der Waals surface area (Å²) in [4.78, 5) is 37.4. The molecule has 1 N–H and O–H groups in total. The Kier molecular flexibility index (Phi) is 9.05. The lowest BCUT2D eigenvalue weighted by Crippen LogP contribution is -2.16. The van der Waals surface area contributed by atoms with Gasteiger partial charge in [-0.15, -0.1) is 28.1 Å². The maximum atomic E-state index is 12.8. The van der Waals surface area contributed by atoms with E-state index >= 15 is 0 Å². The van der Waals surface area contributed by atoms with Crippen LogP contribution in [0.2, 0.25) is 0 Å². The van der Waals surface area contributed by atoms with Crippen LogP contribution in [-0.2, 0) is 20.8 Å². The Morgan fingerprint density at radius 2 is 1.81 bits per heavy atom. The molecule has 9 nitrogen and oxygen atoms in total. The van der Waals surface area contributed by atoms with Gasteiger partial charge in [0.2, 0.25) is 5.91 Å². The van der Waals surface area contributed by atoms with Crippen LogP contribution in [0.3, 0.4) is 0 Å². The van der Waals surface area contributed by atoms with Crippen molar-refractivity contribution < 1.29 is 23.9 Å². The number of aromatic nitrogens is 3. The highest BCUT2D eigenvalue weighted by Gasteiger charge is 2.27. The molecule has 3 aromatic rings. The first-order chi connectivity index (χ1) is 17.2. The Balaban J connectivity index is 1.79. The maximum Gasteiger partial charge on any atom is 0.348 e. The molecule has 0 bridgehead atoms. The molecular weight excluding hydrogens is 500 g/mol. The molecule has 0 aliphatic heterocycles. The smallest absolute Gasteiger partial charge is 0.348 e. The van der Waals surface area contributed by atoms with Crippen LogP contribution in [0.4, 0.5) is 5.00 Å². The maximum absolute atomic E-state index is 12.8. The van der Waals surface area contributed by atoms with Gasteiger partial charge in [0.15, 0.2) is 11.0 Å². The number of hydrogen-bond acceptors (Lipinski definition) is 9. The summed E-state index contributed by atoms with van der Waals surface area (Å²) in [6.45, 7) is 10.2. The summed E-state index contributed by atoms with van der Waals surface area (Å²) in [6, 6.07) is 8.15. The Hall–Kier alpha value is -3.44. The molecule has 3 rings (SSSR count). The first kappa shape index (κ1) is 27.2. The Morgan fingerprint density at radius 1 is 1.14 bits per heavy atom. The number of benzene rings is 1. The van der Waals surface area contributed by atoms with Gasteiger partial charge in [-0.2, -0.15) is 0 Å². The lowest BCUT2D eigenvalue weighted by molar-refractivity contribution is -0.113. The zero-order valence-electron chi connectivity index (χ0n) is 20.8. The fourth-order valence-corrected chi connectivity index (χ4v) is 5.33. The van der Waals surface area contributed by atoms with Crippen molar-refractivity contribution in [2.24, 2.45) is 0 Å². The minimum absolute atomic E-state index is 0.00663. The van der Waals surface area contributed by atoms with E-state index < -0.39 is 11.9 Å². The summed E-state index contributed by atoms with van der Waals surface area (Å²) in [7, 11) is 2.49. The van der Waals surface area contributed by atoms with E-state index in [-0.39, 0.29) is 27.1 Å². The number of amides is 1. The minimum Gasteiger partial charge on any atom is -0.465 e. The lowest BCUT2D eigenvalue weighted by atomic mass is 10.0. The number of carbonyl (C=O) groups is 3. The summed E-state index contributed by atoms with van der Waals surface area (Å²) in [5.41, 5.74) is 2.66. The molecule has 36 heavy (non-hydrogen) atoms. The van der Waals surface area contributed by atoms with Gasteiger partial charge >= 0.3 is 11.9 Å². The third-order valence-corrected chi connectivity index (χ3v) is 7.51. The van der Waals surface area contributed by atoms with Crippen molar-refractivity contribution in [1.82, 2.24) is 14.8 Å². The third kappa shape index (κ3) is 5.85. The number of ether oxygens (including phenoxy) is 2. The zero-order chi connectivity index (χ0) is 26.4. The number of anilines is 1. The summed E-state index contributed by atoms with van der Waals surface area (Å²) in [6.07, 6.45) is 1.74. The van der Waals surface area contributed by atoms with Crippen LogP contribution >= 0.6 is 23.1 Å². The molecule has 0 unspecified atom stereocenters. The Morgan fingerprint density at radius 3 is 2.39 bits per heavy atom. The molecule has 0 radical (unpaired) electrons. The number of hydrogen-bond donors (Lipinski definition) is 1. The summed E-state index contributed by atoms with van der Waals surface area (Å²) >= 11 is 2.17. The number of methoxy groups -OCH3 is 2. The quantitative estimate of drug-likeness (QED) is 0.224. The van der Waals surface area contributed by atoms with Crippen LogP contribution < -0.4 is 5.32 Å². The van der Waals surface area contributed by atoms with Gasteiger partial charge in [-0.3, -0.25) is 9.36 Å². The molecule has 0 aliphatic rings. The minimum atomic E-state index is -0.652. The van der Waals surface area contributed by atoms with Crippen molar-refractivity contribution in [3.05, 3.63) is 58.5 Å². The third-order valence-electron chi connectivity index (χ3n) is 5.36. The summed E-state index contributed by atoms with van der Waals surface area (Å²) < 4.78 is 11.5. The molecule has 190 valence electrons. The number of thiophene rings is 1. The average molecular weight is 529 g/mol. The lowest BCUT2D eigenvalue weighted by Gasteiger charge is -2.10. The van der Waals surface area contributed by atoms with Gasteiger partial charge in [0.05, 0.1) is 25.5 Å². The van der Waals surface area contributed by atoms with E-state index in [1.807, 2.05) is 16.7 Å². The van der Waals surface area contributed by atoms with Crippen molar-refractivity contribution in [3.8, 4) is 11.4 Å². The highest BCUT2D eigenvalue weighted by atomic mass is 32.2. The molecule has 0 fully saturated rings. The molecule has 0 saturated carbocycles. The van der Waals surface area contributed by atoms with Crippen molar-refractivity contribution in [3.63, 3.8) is 0 Å². The largest absolute Gasteiger partial charge is 0.465 e. The molecule has 2 aromatic heterocycles. The second kappa shape index (κ2) is 12.0. The zero-order valence-corrected chi connectivity index (χ0v) is 22.4. The van der Waals surface area contributed by atoms with E-state index in [4.69, 9.17) is 9.47 Å². The van der Waals surface area contributed by atoms with Gasteiger partial charge < -0.3 is 14.8 Å². The number of esters is 2. The number of thioether (sulfide) groups is 1. The SMILES string of the molecule is C=CCn1c(SCC(=O)Nc2sc(C(=O)OC)c(C)c2C(=O)OC)nnc1-c1ccc(C(C)C)cc1. The van der Waals surface area contributed by atoms with Gasteiger partial charge in [0.25, 0.3) is 0 Å². The van der Waals surface area contributed by atoms with Crippen LogP contribution in [0, 0.1) is 6.92 Å². The molecule has 0 spiro atoms. The van der Waals surface area contributed by atoms with Crippen molar-refractivity contribution in [1.29, 1.82) is 0 Å². The van der Waals surface area contributed by atoms with Gasteiger partial charge in [0, 0.05) is 12.1 Å². The van der Waals surface area contributed by atoms with Crippen LogP contribution in [0.15, 0.2) is 42.1 Å². The topological polar surface area (TPSA) is 112 Å². The number of nitrogens with zero attached hydrogens (tertiary/aromatic N) is 3. The first-order valence-corrected chi connectivity index (χ1v) is 12.9. The highest BCUT2D eigenvalue weighted by Crippen LogP contribution is 2.34. The summed E-state index contributed by atoms with van der Waals surface area (Å²) in [5, 5.41) is 12.1. The van der Waals surface area contributed by atoms with E-state index in [9.17, 15) is 14.4 Å². The second-order valence-electron chi connectivity index (χ2n) is 8.06. The van der Waals surface area contributed by atoms with Crippen LogP contribution in [0.1, 0.15) is 50.9 Å². The predicted molar refractivity (Wildman–Crippen MR) is 141 cm³/mol. The highest BCUT2D eigenvalue weighted by molar-refractivity contribution is 7.99. The van der Waals surface area contributed by atoms with E-state index in [1.165, 1.54) is 31.5 Å². The molecule has 0 saturated heterocycles. The first-order valence-electron chi connectivity index (χ1n) is 11.1. The fourth-order valence-electron chi connectivity index (χ4n) is 3.45. The monoisotopic (exact) mass is 528 g/mol. The van der Waals surface area contributed by atoms with Gasteiger partial charge in [-0.05, 0) is 24.0 Å². The Labute approximate surface area is 217 Å². The summed E-state index contributed by atoms with van der Waals surface area (Å²) in [5.74, 6) is -0.515. The average Bonchev–Trinajstić information content (AvgIpc) is 3.42. The fraction of sp³-hybridized carbons (Fsp3) is 0.320. The van der Waals surface area contributed by atoms with Crippen molar-refractivity contribution in [2.45, 2.75) is 38.4 Å². The normalized spacial score (nSPS) is 10.8. The molecule has 11 heteroatoms. The van der Waals surface area contributed by atoms with Crippen molar-refractivity contribution in [2.75, 3.05) is 25.3 Å². The molecule has 2 heterocycles. The number of rotatable bonds is 10. The standard InChI is InChI=1S/C25H28N4O5S2/c1-7-12-29-21(17-10-8-16(9-11-17)14(2)3)27-28-25(29)35-13-18(30)26-22-19(23(31)33-5)15(4)20(36-22)24(32)34-6/h7-11,14H,1,12-13H2,2-6H3,(H,26,30). The van der Waals surface area contributed by atoms with Crippen LogP contribution in [0.5, 0.6) is 0 Å². The van der Waals surface area contributed by atoms with E-state index in [2.05, 4.69) is 48.1 Å². The molecule has 0 aliphatic carbocycles. The molecular formula is C25H28N4O5S2. The van der Waals surface area contributed by atoms with E-state index in [0.29, 0.717) is 29.0 Å². The molecule has 1 aromatic carbocycles. The molecule has 0 atom stereocenters. The predicted octanol–water partition coefficient (Wildman–Crippen LogP) is 4.93. The van der Waals surface area contributed by atoms with Crippen LogP contribution in [0.25, 0.3) is 11.4 Å². The molecule has 1 amide bonds. The number of allylic oxidation sites excluding steroid dienone is 1. The van der Waals surface area contributed by atoms with Gasteiger partial charge in [-0.25, -0.2) is 9.59 Å². The Bertz CT molecular complexity index is 1280. The van der Waals surface area contributed by atoms with Gasteiger partial charge in [0.1, 0.15) is 9.88 Å².